The molecule has 1 N–H and O–H groups in total. The van der Waals surface area contributed by atoms with Gasteiger partial charge in [-0.3, -0.25) is 4.90 Å². The van der Waals surface area contributed by atoms with Crippen LogP contribution in [0.25, 0.3) is 0 Å². The van der Waals surface area contributed by atoms with Crippen LogP contribution >= 0.6 is 0 Å². The van der Waals surface area contributed by atoms with Crippen LogP contribution in [-0.4, -0.2) is 24.0 Å². The standard InChI is InChI=1S/C14H26N2O/c1-7-16(6)10-13-8-12(11(2)17-13)9-15-14(3,4)5/h8,15H,7,9-10H2,1-6H3. The van der Waals surface area contributed by atoms with Gasteiger partial charge >= 0.3 is 0 Å². The molecule has 0 atom stereocenters. The molecule has 0 radical (unpaired) electrons. The van der Waals surface area contributed by atoms with E-state index in [1.54, 1.807) is 0 Å². The largest absolute Gasteiger partial charge is 0.465 e. The van der Waals surface area contributed by atoms with Crippen LogP contribution in [0.1, 0.15) is 44.8 Å². The summed E-state index contributed by atoms with van der Waals surface area (Å²) in [5.41, 5.74) is 1.41. The minimum Gasteiger partial charge on any atom is -0.465 e. The topological polar surface area (TPSA) is 28.4 Å². The third-order valence-electron chi connectivity index (χ3n) is 2.85. The highest BCUT2D eigenvalue weighted by atomic mass is 16.3. The van der Waals surface area contributed by atoms with E-state index in [-0.39, 0.29) is 5.54 Å². The van der Waals surface area contributed by atoms with Crippen molar-refractivity contribution in [2.45, 2.75) is 53.2 Å². The summed E-state index contributed by atoms with van der Waals surface area (Å²) in [5.74, 6) is 2.08. The predicted octanol–water partition coefficient (Wildman–Crippen LogP) is 2.93. The SMILES string of the molecule is CCN(C)Cc1cc(CNC(C)(C)C)c(C)o1. The summed E-state index contributed by atoms with van der Waals surface area (Å²) < 4.78 is 5.77. The molecule has 0 saturated carbocycles. The lowest BCUT2D eigenvalue weighted by atomic mass is 10.1. The van der Waals surface area contributed by atoms with Gasteiger partial charge in [0.1, 0.15) is 11.5 Å². The zero-order valence-electron chi connectivity index (χ0n) is 12.1. The van der Waals surface area contributed by atoms with E-state index in [4.69, 9.17) is 4.42 Å². The van der Waals surface area contributed by atoms with Crippen LogP contribution in [0.4, 0.5) is 0 Å². The number of nitrogens with one attached hydrogen (secondary N) is 1. The molecule has 1 aromatic heterocycles. The molecule has 0 aromatic carbocycles. The van der Waals surface area contributed by atoms with Crippen molar-refractivity contribution in [3.63, 3.8) is 0 Å². The van der Waals surface area contributed by atoms with Gasteiger partial charge in [-0.1, -0.05) is 6.92 Å². The Balaban J connectivity index is 2.62. The lowest BCUT2D eigenvalue weighted by molar-refractivity contribution is 0.306. The van der Waals surface area contributed by atoms with E-state index in [9.17, 15) is 0 Å². The maximum Gasteiger partial charge on any atom is 0.118 e. The average molecular weight is 238 g/mol. The van der Waals surface area contributed by atoms with Crippen molar-refractivity contribution in [2.75, 3.05) is 13.6 Å². The van der Waals surface area contributed by atoms with Gasteiger partial charge in [-0.2, -0.15) is 0 Å². The molecule has 98 valence electrons. The summed E-state index contributed by atoms with van der Waals surface area (Å²) in [4.78, 5) is 2.24. The Morgan fingerprint density at radius 1 is 1.35 bits per heavy atom. The molecule has 0 unspecified atom stereocenters. The van der Waals surface area contributed by atoms with E-state index in [0.29, 0.717) is 0 Å². The fourth-order valence-electron chi connectivity index (χ4n) is 1.58. The zero-order valence-corrected chi connectivity index (χ0v) is 12.1. The molecule has 0 fully saturated rings. The van der Waals surface area contributed by atoms with Gasteiger partial charge < -0.3 is 9.73 Å². The quantitative estimate of drug-likeness (QED) is 0.855. The van der Waals surface area contributed by atoms with Crippen LogP contribution in [0.5, 0.6) is 0 Å². The van der Waals surface area contributed by atoms with E-state index in [1.165, 1.54) is 5.56 Å². The second-order valence-electron chi connectivity index (χ2n) is 5.73. The van der Waals surface area contributed by atoms with Crippen molar-refractivity contribution in [2.24, 2.45) is 0 Å². The van der Waals surface area contributed by atoms with Crippen LogP contribution in [0, 0.1) is 6.92 Å². The fourth-order valence-corrected chi connectivity index (χ4v) is 1.58. The molecule has 0 aliphatic rings. The molecule has 0 bridgehead atoms. The lowest BCUT2D eigenvalue weighted by Gasteiger charge is -2.20. The second kappa shape index (κ2) is 5.69. The van der Waals surface area contributed by atoms with Crippen LogP contribution in [0.2, 0.25) is 0 Å². The van der Waals surface area contributed by atoms with Crippen molar-refractivity contribution < 1.29 is 4.42 Å². The average Bonchev–Trinajstić information content (AvgIpc) is 2.54. The summed E-state index contributed by atoms with van der Waals surface area (Å²) >= 11 is 0. The first-order valence-electron chi connectivity index (χ1n) is 6.33. The van der Waals surface area contributed by atoms with Gasteiger partial charge in [0.2, 0.25) is 0 Å². The van der Waals surface area contributed by atoms with Crippen LogP contribution in [-0.2, 0) is 13.1 Å². The van der Waals surface area contributed by atoms with Crippen molar-refractivity contribution in [1.29, 1.82) is 0 Å². The normalized spacial score (nSPS) is 12.4. The summed E-state index contributed by atoms with van der Waals surface area (Å²) in [6.45, 7) is 13.5. The molecular formula is C14H26N2O. The Morgan fingerprint density at radius 3 is 2.53 bits per heavy atom. The first-order chi connectivity index (χ1) is 7.81. The summed E-state index contributed by atoms with van der Waals surface area (Å²) in [7, 11) is 2.10. The Kier molecular flexibility index (Phi) is 4.78. The van der Waals surface area contributed by atoms with Crippen molar-refractivity contribution in [1.82, 2.24) is 10.2 Å². The molecule has 17 heavy (non-hydrogen) atoms. The molecule has 1 heterocycles. The minimum atomic E-state index is 0.143. The molecular weight excluding hydrogens is 212 g/mol. The highest BCUT2D eigenvalue weighted by Crippen LogP contribution is 2.16. The van der Waals surface area contributed by atoms with E-state index < -0.39 is 0 Å². The van der Waals surface area contributed by atoms with Crippen LogP contribution in [0.3, 0.4) is 0 Å². The molecule has 1 rings (SSSR count). The number of hydrogen-bond acceptors (Lipinski definition) is 3. The summed E-state index contributed by atoms with van der Waals surface area (Å²) in [6.07, 6.45) is 0. The predicted molar refractivity (Wildman–Crippen MR) is 72.0 cm³/mol. The lowest BCUT2D eigenvalue weighted by Crippen LogP contribution is -2.35. The highest BCUT2D eigenvalue weighted by Gasteiger charge is 2.12. The third kappa shape index (κ3) is 4.92. The third-order valence-corrected chi connectivity index (χ3v) is 2.85. The first-order valence-corrected chi connectivity index (χ1v) is 6.33. The molecule has 0 amide bonds. The van der Waals surface area contributed by atoms with Gasteiger partial charge in [-0.05, 0) is 47.4 Å². The first kappa shape index (κ1) is 14.3. The molecule has 3 heteroatoms. The minimum absolute atomic E-state index is 0.143. The number of aryl methyl sites for hydroxylation is 1. The van der Waals surface area contributed by atoms with E-state index in [1.807, 2.05) is 6.92 Å². The van der Waals surface area contributed by atoms with E-state index in [2.05, 4.69) is 51.0 Å². The fraction of sp³-hybridized carbons (Fsp3) is 0.714. The van der Waals surface area contributed by atoms with E-state index in [0.717, 1.165) is 31.2 Å². The van der Waals surface area contributed by atoms with Gasteiger partial charge in [0.25, 0.3) is 0 Å². The molecule has 3 nitrogen and oxygen atoms in total. The maximum atomic E-state index is 5.77. The molecule has 0 aliphatic carbocycles. The Bertz CT molecular complexity index is 350. The smallest absolute Gasteiger partial charge is 0.118 e. The molecule has 1 aromatic rings. The number of rotatable bonds is 5. The Labute approximate surface area is 105 Å². The van der Waals surface area contributed by atoms with Crippen molar-refractivity contribution >= 4 is 0 Å². The molecule has 0 saturated heterocycles. The Hall–Kier alpha value is -0.800. The van der Waals surface area contributed by atoms with Gasteiger partial charge in [-0.25, -0.2) is 0 Å². The molecule has 0 spiro atoms. The number of furan rings is 1. The zero-order chi connectivity index (χ0) is 13.1. The number of hydrogen-bond donors (Lipinski definition) is 1. The second-order valence-corrected chi connectivity index (χ2v) is 5.73. The maximum absolute atomic E-state index is 5.77. The Morgan fingerprint density at radius 2 is 2.00 bits per heavy atom. The van der Waals surface area contributed by atoms with Gasteiger partial charge in [0.05, 0.1) is 6.54 Å². The highest BCUT2D eigenvalue weighted by molar-refractivity contribution is 5.20. The monoisotopic (exact) mass is 238 g/mol. The molecule has 0 aliphatic heterocycles. The van der Waals surface area contributed by atoms with Gasteiger partial charge in [-0.15, -0.1) is 0 Å². The summed E-state index contributed by atoms with van der Waals surface area (Å²) in [6, 6.07) is 2.17. The van der Waals surface area contributed by atoms with Gasteiger partial charge in [0, 0.05) is 17.6 Å². The van der Waals surface area contributed by atoms with Crippen LogP contribution in [0.15, 0.2) is 10.5 Å². The van der Waals surface area contributed by atoms with Crippen molar-refractivity contribution in [3.05, 3.63) is 23.2 Å². The summed E-state index contributed by atoms with van der Waals surface area (Å²) in [5, 5.41) is 3.49. The van der Waals surface area contributed by atoms with Crippen molar-refractivity contribution in [3.8, 4) is 0 Å². The van der Waals surface area contributed by atoms with Crippen LogP contribution < -0.4 is 5.32 Å². The van der Waals surface area contributed by atoms with Gasteiger partial charge in [0.15, 0.2) is 0 Å². The number of nitrogens with zero attached hydrogens (tertiary/aromatic N) is 1. The van der Waals surface area contributed by atoms with E-state index >= 15 is 0 Å².